The van der Waals surface area contributed by atoms with Gasteiger partial charge in [0.05, 0.1) is 13.4 Å². The van der Waals surface area contributed by atoms with Gasteiger partial charge in [0.2, 0.25) is 11.7 Å². The number of aromatic amines is 1. The van der Waals surface area contributed by atoms with Crippen molar-refractivity contribution in [2.24, 2.45) is 0 Å². The summed E-state index contributed by atoms with van der Waals surface area (Å²) in [7, 11) is 1.22. The Balaban J connectivity index is 2.69. The van der Waals surface area contributed by atoms with Crippen LogP contribution in [0.3, 0.4) is 0 Å². The maximum absolute atomic E-state index is 12.3. The SMILES string of the molecule is COc1nc(C(F)(F)F)nc2nc[nH]c12. The third-order valence-corrected chi connectivity index (χ3v) is 1.70. The number of nitrogens with one attached hydrogen (secondary N) is 1. The number of rotatable bonds is 1. The van der Waals surface area contributed by atoms with Crippen molar-refractivity contribution in [3.63, 3.8) is 0 Å². The van der Waals surface area contributed by atoms with Crippen LogP contribution < -0.4 is 4.74 Å². The molecule has 0 spiro atoms. The summed E-state index contributed by atoms with van der Waals surface area (Å²) in [5.41, 5.74) is 0.166. The van der Waals surface area contributed by atoms with E-state index in [2.05, 4.69) is 19.9 Å². The van der Waals surface area contributed by atoms with Gasteiger partial charge in [-0.3, -0.25) is 0 Å². The lowest BCUT2D eigenvalue weighted by molar-refractivity contribution is -0.145. The van der Waals surface area contributed by atoms with Crippen LogP contribution in [0, 0.1) is 0 Å². The average Bonchev–Trinajstić information content (AvgIpc) is 2.62. The van der Waals surface area contributed by atoms with E-state index in [-0.39, 0.29) is 17.0 Å². The number of fused-ring (bicyclic) bond motifs is 1. The zero-order valence-corrected chi connectivity index (χ0v) is 7.46. The molecule has 0 saturated heterocycles. The molecule has 0 aliphatic rings. The minimum Gasteiger partial charge on any atom is -0.479 e. The Morgan fingerprint density at radius 3 is 2.67 bits per heavy atom. The summed E-state index contributed by atoms with van der Waals surface area (Å²) in [6, 6.07) is 0. The molecular formula is C7H5F3N4O. The highest BCUT2D eigenvalue weighted by Gasteiger charge is 2.36. The summed E-state index contributed by atoms with van der Waals surface area (Å²) in [6.45, 7) is 0. The van der Waals surface area contributed by atoms with Crippen molar-refractivity contribution in [1.82, 2.24) is 19.9 Å². The van der Waals surface area contributed by atoms with Gasteiger partial charge in [0, 0.05) is 0 Å². The van der Waals surface area contributed by atoms with Gasteiger partial charge in [-0.25, -0.2) is 9.97 Å². The molecule has 8 heteroatoms. The van der Waals surface area contributed by atoms with Gasteiger partial charge in [0.25, 0.3) is 0 Å². The molecule has 2 rings (SSSR count). The minimum absolute atomic E-state index is 0.0748. The number of ether oxygens (including phenoxy) is 1. The smallest absolute Gasteiger partial charge is 0.451 e. The van der Waals surface area contributed by atoms with Crippen molar-refractivity contribution in [3.8, 4) is 5.88 Å². The molecule has 0 bridgehead atoms. The monoisotopic (exact) mass is 218 g/mol. The molecule has 0 unspecified atom stereocenters. The molecule has 0 aliphatic carbocycles. The molecule has 1 N–H and O–H groups in total. The summed E-state index contributed by atoms with van der Waals surface area (Å²) in [5, 5.41) is 0. The quantitative estimate of drug-likeness (QED) is 0.785. The molecule has 0 aromatic carbocycles. The molecule has 80 valence electrons. The fourth-order valence-electron chi connectivity index (χ4n) is 1.08. The van der Waals surface area contributed by atoms with Crippen molar-refractivity contribution >= 4 is 11.2 Å². The largest absolute Gasteiger partial charge is 0.479 e. The summed E-state index contributed by atoms with van der Waals surface area (Å²) in [6.07, 6.45) is -3.39. The Hall–Kier alpha value is -1.86. The van der Waals surface area contributed by atoms with E-state index in [9.17, 15) is 13.2 Å². The van der Waals surface area contributed by atoms with E-state index < -0.39 is 12.0 Å². The van der Waals surface area contributed by atoms with E-state index in [1.54, 1.807) is 0 Å². The van der Waals surface area contributed by atoms with Gasteiger partial charge < -0.3 is 9.72 Å². The fourth-order valence-corrected chi connectivity index (χ4v) is 1.08. The minimum atomic E-state index is -4.61. The number of hydrogen-bond acceptors (Lipinski definition) is 4. The van der Waals surface area contributed by atoms with Gasteiger partial charge in [-0.2, -0.15) is 18.2 Å². The van der Waals surface area contributed by atoms with Crippen LogP contribution in [-0.4, -0.2) is 27.0 Å². The molecule has 15 heavy (non-hydrogen) atoms. The maximum Gasteiger partial charge on any atom is 0.451 e. The number of alkyl halides is 3. The molecule has 5 nitrogen and oxygen atoms in total. The van der Waals surface area contributed by atoms with Crippen LogP contribution in [0.2, 0.25) is 0 Å². The molecule has 0 amide bonds. The van der Waals surface area contributed by atoms with Gasteiger partial charge >= 0.3 is 6.18 Å². The first kappa shape index (κ1) is 9.69. The van der Waals surface area contributed by atoms with Gasteiger partial charge in [-0.05, 0) is 0 Å². The fraction of sp³-hybridized carbons (Fsp3) is 0.286. The Morgan fingerprint density at radius 2 is 2.07 bits per heavy atom. The number of nitrogens with zero attached hydrogens (tertiary/aromatic N) is 3. The molecule has 0 radical (unpaired) electrons. The molecule has 2 aromatic heterocycles. The van der Waals surface area contributed by atoms with Crippen molar-refractivity contribution < 1.29 is 17.9 Å². The number of hydrogen-bond donors (Lipinski definition) is 1. The molecule has 0 atom stereocenters. The predicted octanol–water partition coefficient (Wildman–Crippen LogP) is 1.38. The van der Waals surface area contributed by atoms with E-state index in [0.717, 1.165) is 0 Å². The second kappa shape index (κ2) is 3.07. The Bertz CT molecular complexity index is 492. The standard InChI is InChI=1S/C7H5F3N4O/c1-15-5-3-4(12-2-11-3)13-6(14-5)7(8,9)10/h2H,1H3,(H,11,12,13,14). The molecule has 2 heterocycles. The van der Waals surface area contributed by atoms with E-state index in [0.29, 0.717) is 0 Å². The first-order valence-electron chi connectivity index (χ1n) is 3.84. The third kappa shape index (κ3) is 1.58. The predicted molar refractivity (Wildman–Crippen MR) is 43.2 cm³/mol. The Morgan fingerprint density at radius 1 is 1.33 bits per heavy atom. The Kier molecular flexibility index (Phi) is 1.98. The summed E-state index contributed by atoms with van der Waals surface area (Å²) >= 11 is 0. The lowest BCUT2D eigenvalue weighted by Gasteiger charge is -2.06. The van der Waals surface area contributed by atoms with Crippen LogP contribution in [0.25, 0.3) is 11.2 Å². The van der Waals surface area contributed by atoms with Crippen molar-refractivity contribution in [1.29, 1.82) is 0 Å². The van der Waals surface area contributed by atoms with Crippen LogP contribution in [0.1, 0.15) is 5.82 Å². The van der Waals surface area contributed by atoms with Crippen LogP contribution in [0.4, 0.5) is 13.2 Å². The molecule has 0 aliphatic heterocycles. The lowest BCUT2D eigenvalue weighted by atomic mass is 10.5. The number of halogens is 3. The van der Waals surface area contributed by atoms with Crippen LogP contribution in [0.5, 0.6) is 5.88 Å². The number of aromatic nitrogens is 4. The second-order valence-corrected chi connectivity index (χ2v) is 2.66. The van der Waals surface area contributed by atoms with Gasteiger partial charge in [0.1, 0.15) is 5.52 Å². The van der Waals surface area contributed by atoms with Crippen LogP contribution in [-0.2, 0) is 6.18 Å². The third-order valence-electron chi connectivity index (χ3n) is 1.70. The summed E-state index contributed by atoms with van der Waals surface area (Å²) in [4.78, 5) is 12.7. The van der Waals surface area contributed by atoms with Crippen molar-refractivity contribution in [2.75, 3.05) is 7.11 Å². The van der Waals surface area contributed by atoms with E-state index in [1.165, 1.54) is 13.4 Å². The normalized spacial score (nSPS) is 12.0. The van der Waals surface area contributed by atoms with E-state index in [4.69, 9.17) is 4.74 Å². The van der Waals surface area contributed by atoms with Gasteiger partial charge in [0.15, 0.2) is 5.65 Å². The molecule has 2 aromatic rings. The summed E-state index contributed by atoms with van der Waals surface area (Å²) < 4.78 is 41.7. The summed E-state index contributed by atoms with van der Waals surface area (Å²) in [5.74, 6) is -1.44. The zero-order valence-electron chi connectivity index (χ0n) is 7.46. The molecule has 0 saturated carbocycles. The van der Waals surface area contributed by atoms with Crippen molar-refractivity contribution in [2.45, 2.75) is 6.18 Å². The highest BCUT2D eigenvalue weighted by Crippen LogP contribution is 2.29. The van der Waals surface area contributed by atoms with Crippen molar-refractivity contribution in [3.05, 3.63) is 12.2 Å². The van der Waals surface area contributed by atoms with E-state index in [1.807, 2.05) is 0 Å². The number of H-pyrrole nitrogens is 1. The maximum atomic E-state index is 12.3. The van der Waals surface area contributed by atoms with Crippen LogP contribution >= 0.6 is 0 Å². The first-order valence-corrected chi connectivity index (χ1v) is 3.84. The number of imidazole rings is 1. The van der Waals surface area contributed by atoms with Crippen LogP contribution in [0.15, 0.2) is 6.33 Å². The van der Waals surface area contributed by atoms with Gasteiger partial charge in [-0.15, -0.1) is 0 Å². The first-order chi connectivity index (χ1) is 7.02. The highest BCUT2D eigenvalue weighted by atomic mass is 19.4. The topological polar surface area (TPSA) is 63.7 Å². The highest BCUT2D eigenvalue weighted by molar-refractivity contribution is 5.75. The second-order valence-electron chi connectivity index (χ2n) is 2.66. The molecular weight excluding hydrogens is 213 g/mol. The Labute approximate surface area is 81.3 Å². The lowest BCUT2D eigenvalue weighted by Crippen LogP contribution is -2.11. The zero-order chi connectivity index (χ0) is 11.1. The average molecular weight is 218 g/mol. The molecule has 0 fully saturated rings. The van der Waals surface area contributed by atoms with E-state index >= 15 is 0 Å². The number of methoxy groups -OCH3 is 1. The van der Waals surface area contributed by atoms with Gasteiger partial charge in [-0.1, -0.05) is 0 Å².